The minimum absolute atomic E-state index is 0.294. The van der Waals surface area contributed by atoms with Crippen molar-refractivity contribution < 1.29 is 14.6 Å². The highest BCUT2D eigenvalue weighted by atomic mass is 16.5. The van der Waals surface area contributed by atoms with Crippen LogP contribution in [-0.4, -0.2) is 41.8 Å². The standard InChI is InChI=1S/C16H21NO3/c1-16(2)10-17(14-9-20-8-13(14)16)7-11-3-5-12(6-4-11)15(18)19/h3-6,13-14H,7-10H2,1-2H3,(H,18,19)/t13-,14+/m0/s1. The van der Waals surface area contributed by atoms with E-state index in [2.05, 4.69) is 18.7 Å². The summed E-state index contributed by atoms with van der Waals surface area (Å²) in [5.41, 5.74) is 1.80. The van der Waals surface area contributed by atoms with Crippen molar-refractivity contribution in [2.75, 3.05) is 19.8 Å². The van der Waals surface area contributed by atoms with Crippen molar-refractivity contribution in [3.8, 4) is 0 Å². The average Bonchev–Trinajstić information content (AvgIpc) is 2.95. The first kappa shape index (κ1) is 13.6. The molecule has 2 aliphatic rings. The number of aromatic carboxylic acids is 1. The Bertz CT molecular complexity index is 509. The van der Waals surface area contributed by atoms with E-state index in [1.165, 1.54) is 5.56 Å². The van der Waals surface area contributed by atoms with Crippen LogP contribution >= 0.6 is 0 Å². The molecule has 3 rings (SSSR count). The number of hydrogen-bond donors (Lipinski definition) is 1. The Kier molecular flexibility index (Phi) is 3.30. The molecule has 2 saturated heterocycles. The Balaban J connectivity index is 1.73. The third kappa shape index (κ3) is 2.34. The molecule has 0 saturated carbocycles. The molecule has 0 radical (unpaired) electrons. The van der Waals surface area contributed by atoms with Crippen molar-refractivity contribution in [2.45, 2.75) is 26.4 Å². The van der Waals surface area contributed by atoms with E-state index in [0.717, 1.165) is 26.3 Å². The minimum Gasteiger partial charge on any atom is -0.478 e. The first-order valence-electron chi connectivity index (χ1n) is 7.11. The summed E-state index contributed by atoms with van der Waals surface area (Å²) in [6.07, 6.45) is 0. The van der Waals surface area contributed by atoms with Crippen molar-refractivity contribution in [2.24, 2.45) is 11.3 Å². The molecule has 0 aromatic heterocycles. The van der Waals surface area contributed by atoms with Crippen LogP contribution in [0, 0.1) is 11.3 Å². The Labute approximate surface area is 119 Å². The van der Waals surface area contributed by atoms with E-state index in [-0.39, 0.29) is 0 Å². The lowest BCUT2D eigenvalue weighted by atomic mass is 9.80. The maximum absolute atomic E-state index is 10.9. The molecule has 108 valence electrons. The van der Waals surface area contributed by atoms with Gasteiger partial charge in [-0.2, -0.15) is 0 Å². The first-order valence-corrected chi connectivity index (χ1v) is 7.11. The average molecular weight is 275 g/mol. The number of ether oxygens (including phenoxy) is 1. The third-order valence-corrected chi connectivity index (χ3v) is 4.72. The topological polar surface area (TPSA) is 49.8 Å². The lowest BCUT2D eigenvalue weighted by molar-refractivity contribution is 0.0697. The van der Waals surface area contributed by atoms with Crippen molar-refractivity contribution in [3.05, 3.63) is 35.4 Å². The number of hydrogen-bond acceptors (Lipinski definition) is 3. The van der Waals surface area contributed by atoms with Crippen LogP contribution in [0.5, 0.6) is 0 Å². The second-order valence-electron chi connectivity index (χ2n) is 6.61. The van der Waals surface area contributed by atoms with E-state index in [1.54, 1.807) is 12.1 Å². The normalized spacial score (nSPS) is 28.5. The molecule has 1 N–H and O–H groups in total. The smallest absolute Gasteiger partial charge is 0.335 e. The lowest BCUT2D eigenvalue weighted by Gasteiger charge is -2.24. The summed E-state index contributed by atoms with van der Waals surface area (Å²) in [4.78, 5) is 13.3. The van der Waals surface area contributed by atoms with Crippen LogP contribution in [0.15, 0.2) is 24.3 Å². The van der Waals surface area contributed by atoms with Crippen molar-refractivity contribution in [3.63, 3.8) is 0 Å². The Morgan fingerprint density at radius 2 is 2.05 bits per heavy atom. The molecule has 2 atom stereocenters. The van der Waals surface area contributed by atoms with Crippen LogP contribution < -0.4 is 0 Å². The molecular weight excluding hydrogens is 254 g/mol. The van der Waals surface area contributed by atoms with Crippen LogP contribution in [0.2, 0.25) is 0 Å². The fourth-order valence-electron chi connectivity index (χ4n) is 3.57. The summed E-state index contributed by atoms with van der Waals surface area (Å²) in [5.74, 6) is -0.260. The number of carbonyl (C=O) groups is 1. The van der Waals surface area contributed by atoms with Crippen molar-refractivity contribution in [1.29, 1.82) is 0 Å². The van der Waals surface area contributed by atoms with Gasteiger partial charge in [-0.3, -0.25) is 4.90 Å². The first-order chi connectivity index (χ1) is 9.47. The SMILES string of the molecule is CC1(C)CN(Cc2ccc(C(=O)O)cc2)[C@@H]2COC[C@@H]21. The van der Waals surface area contributed by atoms with Crippen LogP contribution in [0.1, 0.15) is 29.8 Å². The predicted molar refractivity (Wildman–Crippen MR) is 75.7 cm³/mol. The van der Waals surface area contributed by atoms with Crippen LogP contribution in [0.25, 0.3) is 0 Å². The van der Waals surface area contributed by atoms with Crippen LogP contribution in [0.3, 0.4) is 0 Å². The monoisotopic (exact) mass is 275 g/mol. The van der Waals surface area contributed by atoms with Gasteiger partial charge >= 0.3 is 5.97 Å². The summed E-state index contributed by atoms with van der Waals surface area (Å²) in [6.45, 7) is 8.26. The number of benzene rings is 1. The van der Waals surface area contributed by atoms with Gasteiger partial charge in [0.1, 0.15) is 0 Å². The molecule has 2 fully saturated rings. The highest BCUT2D eigenvalue weighted by Gasteiger charge is 2.49. The van der Waals surface area contributed by atoms with Crippen LogP contribution in [0.4, 0.5) is 0 Å². The van der Waals surface area contributed by atoms with Crippen molar-refractivity contribution in [1.82, 2.24) is 4.90 Å². The van der Waals surface area contributed by atoms with Gasteiger partial charge in [0.2, 0.25) is 0 Å². The maximum atomic E-state index is 10.9. The fraction of sp³-hybridized carbons (Fsp3) is 0.562. The zero-order valence-electron chi connectivity index (χ0n) is 12.0. The quantitative estimate of drug-likeness (QED) is 0.919. The van der Waals surface area contributed by atoms with Crippen LogP contribution in [-0.2, 0) is 11.3 Å². The van der Waals surface area contributed by atoms with Gasteiger partial charge in [0.05, 0.1) is 18.8 Å². The highest BCUT2D eigenvalue weighted by Crippen LogP contribution is 2.43. The van der Waals surface area contributed by atoms with E-state index in [9.17, 15) is 4.79 Å². The number of rotatable bonds is 3. The zero-order chi connectivity index (χ0) is 14.3. The second kappa shape index (κ2) is 4.86. The summed E-state index contributed by atoms with van der Waals surface area (Å²) in [5, 5.41) is 8.92. The van der Waals surface area contributed by atoms with E-state index in [4.69, 9.17) is 9.84 Å². The molecule has 0 spiro atoms. The molecule has 0 amide bonds. The number of likely N-dealkylation sites (tertiary alicyclic amines) is 1. The largest absolute Gasteiger partial charge is 0.478 e. The van der Waals surface area contributed by atoms with Gasteiger partial charge in [0, 0.05) is 25.0 Å². The lowest BCUT2D eigenvalue weighted by Crippen LogP contribution is -2.32. The Hall–Kier alpha value is -1.39. The summed E-state index contributed by atoms with van der Waals surface area (Å²) >= 11 is 0. The molecule has 4 nitrogen and oxygen atoms in total. The summed E-state index contributed by atoms with van der Waals surface area (Å²) < 4.78 is 5.65. The summed E-state index contributed by atoms with van der Waals surface area (Å²) in [6, 6.07) is 7.70. The van der Waals surface area contributed by atoms with Gasteiger partial charge in [-0.1, -0.05) is 26.0 Å². The molecule has 0 bridgehead atoms. The number of carboxylic acids is 1. The molecular formula is C16H21NO3. The number of nitrogens with zero attached hydrogens (tertiary/aromatic N) is 1. The highest BCUT2D eigenvalue weighted by molar-refractivity contribution is 5.87. The fourth-order valence-corrected chi connectivity index (χ4v) is 3.57. The molecule has 4 heteroatoms. The maximum Gasteiger partial charge on any atom is 0.335 e. The minimum atomic E-state index is -0.872. The Morgan fingerprint density at radius 1 is 1.35 bits per heavy atom. The van der Waals surface area contributed by atoms with Gasteiger partial charge in [-0.05, 0) is 23.1 Å². The molecule has 2 heterocycles. The van der Waals surface area contributed by atoms with E-state index in [1.807, 2.05) is 12.1 Å². The number of fused-ring (bicyclic) bond motifs is 1. The molecule has 1 aromatic carbocycles. The van der Waals surface area contributed by atoms with Crippen molar-refractivity contribution >= 4 is 5.97 Å². The molecule has 2 aliphatic heterocycles. The predicted octanol–water partition coefficient (Wildman–Crippen LogP) is 2.24. The van der Waals surface area contributed by atoms with E-state index in [0.29, 0.717) is 22.9 Å². The Morgan fingerprint density at radius 3 is 2.70 bits per heavy atom. The van der Waals surface area contributed by atoms with Gasteiger partial charge in [-0.25, -0.2) is 4.79 Å². The second-order valence-corrected chi connectivity index (χ2v) is 6.61. The number of carboxylic acid groups (broad SMARTS) is 1. The van der Waals surface area contributed by atoms with Gasteiger partial charge in [0.15, 0.2) is 0 Å². The van der Waals surface area contributed by atoms with Gasteiger partial charge in [-0.15, -0.1) is 0 Å². The zero-order valence-corrected chi connectivity index (χ0v) is 12.0. The van der Waals surface area contributed by atoms with Gasteiger partial charge in [0.25, 0.3) is 0 Å². The summed E-state index contributed by atoms with van der Waals surface area (Å²) in [7, 11) is 0. The molecule has 20 heavy (non-hydrogen) atoms. The molecule has 0 aliphatic carbocycles. The van der Waals surface area contributed by atoms with E-state index >= 15 is 0 Å². The van der Waals surface area contributed by atoms with E-state index < -0.39 is 5.97 Å². The van der Waals surface area contributed by atoms with Gasteiger partial charge < -0.3 is 9.84 Å². The molecule has 1 aromatic rings. The third-order valence-electron chi connectivity index (χ3n) is 4.72. The molecule has 0 unspecified atom stereocenters.